The summed E-state index contributed by atoms with van der Waals surface area (Å²) < 4.78 is 2.29. The second-order valence-corrected chi connectivity index (χ2v) is 4.80. The third-order valence-electron chi connectivity index (χ3n) is 2.65. The molecule has 0 bridgehead atoms. The summed E-state index contributed by atoms with van der Waals surface area (Å²) in [5.41, 5.74) is 1.73. The molecule has 0 aliphatic carbocycles. The number of aromatic nitrogens is 2. The summed E-state index contributed by atoms with van der Waals surface area (Å²) in [5, 5.41) is 6.68. The molecule has 98 valence electrons. The number of amides is 1. The first-order chi connectivity index (χ1) is 9.02. The molecule has 1 aromatic carbocycles. The number of nitrogens with zero attached hydrogens (tertiary/aromatic N) is 2. The number of rotatable bonds is 3. The van der Waals surface area contributed by atoms with Crippen molar-refractivity contribution >= 4 is 27.6 Å². The third kappa shape index (κ3) is 2.73. The number of carbonyl (C=O) groups is 2. The SMILES string of the molecule is CNC(=O)c1ccn(-c2ccc(C(C)=O)c(Br)c2)n1. The minimum atomic E-state index is -0.238. The smallest absolute Gasteiger partial charge is 0.271 e. The van der Waals surface area contributed by atoms with Gasteiger partial charge in [-0.25, -0.2) is 4.68 Å². The normalized spacial score (nSPS) is 10.3. The summed E-state index contributed by atoms with van der Waals surface area (Å²) in [6, 6.07) is 6.92. The van der Waals surface area contributed by atoms with Gasteiger partial charge in [0, 0.05) is 23.3 Å². The molecule has 6 heteroatoms. The summed E-state index contributed by atoms with van der Waals surface area (Å²) in [5.74, 6) is -0.247. The van der Waals surface area contributed by atoms with Gasteiger partial charge in [-0.2, -0.15) is 5.10 Å². The highest BCUT2D eigenvalue weighted by Gasteiger charge is 2.10. The van der Waals surface area contributed by atoms with E-state index in [0.29, 0.717) is 15.7 Å². The second kappa shape index (κ2) is 5.36. The molecule has 1 N–H and O–H groups in total. The zero-order valence-electron chi connectivity index (χ0n) is 10.5. The Kier molecular flexibility index (Phi) is 3.80. The predicted molar refractivity (Wildman–Crippen MR) is 74.7 cm³/mol. The fourth-order valence-electron chi connectivity index (χ4n) is 1.65. The monoisotopic (exact) mass is 321 g/mol. The molecule has 0 unspecified atom stereocenters. The third-order valence-corrected chi connectivity index (χ3v) is 3.30. The summed E-state index contributed by atoms with van der Waals surface area (Å²) >= 11 is 3.35. The summed E-state index contributed by atoms with van der Waals surface area (Å²) in [6.07, 6.45) is 1.69. The van der Waals surface area contributed by atoms with Crippen molar-refractivity contribution < 1.29 is 9.59 Å². The van der Waals surface area contributed by atoms with Gasteiger partial charge in [-0.3, -0.25) is 9.59 Å². The van der Waals surface area contributed by atoms with Crippen LogP contribution in [0.4, 0.5) is 0 Å². The molecule has 19 heavy (non-hydrogen) atoms. The Morgan fingerprint density at radius 1 is 1.32 bits per heavy atom. The lowest BCUT2D eigenvalue weighted by molar-refractivity contribution is 0.0956. The van der Waals surface area contributed by atoms with Gasteiger partial charge in [-0.1, -0.05) is 0 Å². The Balaban J connectivity index is 2.37. The maximum Gasteiger partial charge on any atom is 0.271 e. The number of Topliss-reactive ketones (excluding diaryl/α,β-unsaturated/α-hetero) is 1. The summed E-state index contributed by atoms with van der Waals surface area (Å²) in [6.45, 7) is 1.51. The van der Waals surface area contributed by atoms with Gasteiger partial charge >= 0.3 is 0 Å². The molecule has 2 aromatic rings. The van der Waals surface area contributed by atoms with E-state index in [1.54, 1.807) is 42.2 Å². The molecule has 0 aliphatic rings. The van der Waals surface area contributed by atoms with E-state index in [1.165, 1.54) is 6.92 Å². The van der Waals surface area contributed by atoms with E-state index in [1.807, 2.05) is 0 Å². The van der Waals surface area contributed by atoms with Crippen LogP contribution in [-0.2, 0) is 0 Å². The molecule has 1 aromatic heterocycles. The van der Waals surface area contributed by atoms with Crippen molar-refractivity contribution in [2.24, 2.45) is 0 Å². The largest absolute Gasteiger partial charge is 0.354 e. The summed E-state index contributed by atoms with van der Waals surface area (Å²) in [7, 11) is 1.56. The topological polar surface area (TPSA) is 64.0 Å². The van der Waals surface area contributed by atoms with Crippen LogP contribution in [0.2, 0.25) is 0 Å². The molecule has 5 nitrogen and oxygen atoms in total. The van der Waals surface area contributed by atoms with Gasteiger partial charge in [0.2, 0.25) is 0 Å². The number of ketones is 1. The quantitative estimate of drug-likeness (QED) is 0.881. The maximum atomic E-state index is 11.4. The number of benzene rings is 1. The van der Waals surface area contributed by atoms with E-state index in [-0.39, 0.29) is 11.7 Å². The minimum absolute atomic E-state index is 0.00931. The van der Waals surface area contributed by atoms with Crippen LogP contribution in [0.1, 0.15) is 27.8 Å². The highest BCUT2D eigenvalue weighted by molar-refractivity contribution is 9.10. The molecular formula is C13H12BrN3O2. The van der Waals surface area contributed by atoms with Crippen LogP contribution in [0.3, 0.4) is 0 Å². The van der Waals surface area contributed by atoms with Crippen molar-refractivity contribution in [3.05, 3.63) is 46.2 Å². The molecular weight excluding hydrogens is 310 g/mol. The van der Waals surface area contributed by atoms with Crippen LogP contribution < -0.4 is 5.32 Å². The Labute approximate surface area is 118 Å². The standard InChI is InChI=1S/C13H12BrN3O2/c1-8(18)10-4-3-9(7-11(10)14)17-6-5-12(16-17)13(19)15-2/h3-7H,1-2H3,(H,15,19). The van der Waals surface area contributed by atoms with Crippen LogP contribution >= 0.6 is 15.9 Å². The summed E-state index contributed by atoms with van der Waals surface area (Å²) in [4.78, 5) is 22.8. The molecule has 1 amide bonds. The highest BCUT2D eigenvalue weighted by Crippen LogP contribution is 2.21. The number of halogens is 1. The number of carbonyl (C=O) groups excluding carboxylic acids is 2. The van der Waals surface area contributed by atoms with Crippen molar-refractivity contribution in [1.29, 1.82) is 0 Å². The zero-order valence-corrected chi connectivity index (χ0v) is 12.1. The van der Waals surface area contributed by atoms with Crippen molar-refractivity contribution in [1.82, 2.24) is 15.1 Å². The maximum absolute atomic E-state index is 11.4. The van der Waals surface area contributed by atoms with Crippen molar-refractivity contribution in [3.63, 3.8) is 0 Å². The van der Waals surface area contributed by atoms with E-state index in [9.17, 15) is 9.59 Å². The molecule has 0 spiro atoms. The predicted octanol–water partition coefficient (Wildman–Crippen LogP) is 2.20. The average Bonchev–Trinajstić information content (AvgIpc) is 2.86. The molecule has 0 radical (unpaired) electrons. The van der Waals surface area contributed by atoms with Gasteiger partial charge in [0.05, 0.1) is 5.69 Å². The van der Waals surface area contributed by atoms with Crippen LogP contribution in [0.25, 0.3) is 5.69 Å². The molecule has 0 saturated heterocycles. The first-order valence-electron chi connectivity index (χ1n) is 5.61. The molecule has 0 fully saturated rings. The Morgan fingerprint density at radius 3 is 2.63 bits per heavy atom. The van der Waals surface area contributed by atoms with E-state index in [4.69, 9.17) is 0 Å². The molecule has 0 atom stereocenters. The fraction of sp³-hybridized carbons (Fsp3) is 0.154. The lowest BCUT2D eigenvalue weighted by atomic mass is 10.1. The van der Waals surface area contributed by atoms with E-state index in [2.05, 4.69) is 26.3 Å². The first kappa shape index (κ1) is 13.5. The fourth-order valence-corrected chi connectivity index (χ4v) is 2.29. The first-order valence-corrected chi connectivity index (χ1v) is 6.41. The Bertz CT molecular complexity index is 649. The molecule has 1 heterocycles. The van der Waals surface area contributed by atoms with Crippen molar-refractivity contribution in [3.8, 4) is 5.69 Å². The van der Waals surface area contributed by atoms with Crippen LogP contribution in [-0.4, -0.2) is 28.5 Å². The van der Waals surface area contributed by atoms with Crippen LogP contribution in [0, 0.1) is 0 Å². The van der Waals surface area contributed by atoms with E-state index >= 15 is 0 Å². The lowest BCUT2D eigenvalue weighted by Gasteiger charge is -2.05. The average molecular weight is 322 g/mol. The van der Waals surface area contributed by atoms with Gasteiger partial charge in [-0.05, 0) is 47.1 Å². The van der Waals surface area contributed by atoms with Crippen molar-refractivity contribution in [2.45, 2.75) is 6.92 Å². The van der Waals surface area contributed by atoms with E-state index in [0.717, 1.165) is 5.69 Å². The highest BCUT2D eigenvalue weighted by atomic mass is 79.9. The van der Waals surface area contributed by atoms with Crippen LogP contribution in [0.15, 0.2) is 34.9 Å². The molecule has 0 saturated carbocycles. The molecule has 0 aliphatic heterocycles. The minimum Gasteiger partial charge on any atom is -0.354 e. The van der Waals surface area contributed by atoms with Crippen molar-refractivity contribution in [2.75, 3.05) is 7.05 Å². The number of hydrogen-bond donors (Lipinski definition) is 1. The second-order valence-electron chi connectivity index (χ2n) is 3.95. The number of nitrogens with one attached hydrogen (secondary N) is 1. The Morgan fingerprint density at radius 2 is 2.05 bits per heavy atom. The van der Waals surface area contributed by atoms with Gasteiger partial charge in [0.1, 0.15) is 0 Å². The number of hydrogen-bond acceptors (Lipinski definition) is 3. The van der Waals surface area contributed by atoms with Gasteiger partial charge in [0.15, 0.2) is 11.5 Å². The lowest BCUT2D eigenvalue weighted by Crippen LogP contribution is -2.18. The van der Waals surface area contributed by atoms with Crippen LogP contribution in [0.5, 0.6) is 0 Å². The Hall–Kier alpha value is -1.95. The zero-order chi connectivity index (χ0) is 14.0. The molecule has 2 rings (SSSR count). The van der Waals surface area contributed by atoms with Gasteiger partial charge in [-0.15, -0.1) is 0 Å². The van der Waals surface area contributed by atoms with E-state index < -0.39 is 0 Å². The van der Waals surface area contributed by atoms with Gasteiger partial charge < -0.3 is 5.32 Å². The van der Waals surface area contributed by atoms with Gasteiger partial charge in [0.25, 0.3) is 5.91 Å².